The molecule has 1 fully saturated rings. The molecule has 1 atom stereocenters. The van der Waals surface area contributed by atoms with Crippen molar-refractivity contribution in [3.05, 3.63) is 12.7 Å². The highest BCUT2D eigenvalue weighted by molar-refractivity contribution is 5.79. The van der Waals surface area contributed by atoms with Gasteiger partial charge in [0, 0.05) is 12.5 Å². The minimum Gasteiger partial charge on any atom is -0.356 e. The summed E-state index contributed by atoms with van der Waals surface area (Å²) in [5, 5.41) is 2.83. The number of piperidine rings is 1. The molecule has 0 radical (unpaired) electrons. The molecule has 1 heterocycles. The standard InChI is InChI=1S/C8H13NO/c1-2-4-7-5-3-6-9-8(7)10/h2,7H,1,3-6H2,(H,9,10)/t7-/m0/s1. The Morgan fingerprint density at radius 1 is 1.80 bits per heavy atom. The summed E-state index contributed by atoms with van der Waals surface area (Å²) in [7, 11) is 0. The largest absolute Gasteiger partial charge is 0.356 e. The number of hydrogen-bond acceptors (Lipinski definition) is 1. The molecule has 1 aliphatic rings. The summed E-state index contributed by atoms with van der Waals surface area (Å²) in [4.78, 5) is 11.0. The van der Waals surface area contributed by atoms with Crippen molar-refractivity contribution in [2.75, 3.05) is 6.54 Å². The molecule has 0 bridgehead atoms. The average molecular weight is 139 g/mol. The Morgan fingerprint density at radius 2 is 2.60 bits per heavy atom. The molecule has 1 amide bonds. The second-order valence-electron chi connectivity index (χ2n) is 2.65. The van der Waals surface area contributed by atoms with E-state index in [0.717, 1.165) is 25.8 Å². The van der Waals surface area contributed by atoms with Crippen molar-refractivity contribution in [3.63, 3.8) is 0 Å². The predicted molar refractivity (Wildman–Crippen MR) is 40.5 cm³/mol. The fourth-order valence-corrected chi connectivity index (χ4v) is 1.26. The van der Waals surface area contributed by atoms with Crippen LogP contribution in [-0.4, -0.2) is 12.5 Å². The first-order valence-corrected chi connectivity index (χ1v) is 3.73. The molecule has 0 aromatic heterocycles. The van der Waals surface area contributed by atoms with Gasteiger partial charge in [-0.05, 0) is 19.3 Å². The van der Waals surface area contributed by atoms with Crippen LogP contribution in [0.2, 0.25) is 0 Å². The number of carbonyl (C=O) groups is 1. The average Bonchev–Trinajstić information content (AvgIpc) is 1.94. The molecule has 1 saturated heterocycles. The van der Waals surface area contributed by atoms with Crippen LogP contribution in [0.5, 0.6) is 0 Å². The molecule has 56 valence electrons. The Bertz CT molecular complexity index is 142. The number of amides is 1. The summed E-state index contributed by atoms with van der Waals surface area (Å²) in [5.74, 6) is 0.400. The minimum absolute atomic E-state index is 0.200. The van der Waals surface area contributed by atoms with Gasteiger partial charge in [0.05, 0.1) is 0 Å². The monoisotopic (exact) mass is 139 g/mol. The van der Waals surface area contributed by atoms with E-state index in [9.17, 15) is 4.79 Å². The maximum absolute atomic E-state index is 11.0. The van der Waals surface area contributed by atoms with E-state index in [2.05, 4.69) is 11.9 Å². The van der Waals surface area contributed by atoms with E-state index >= 15 is 0 Å². The van der Waals surface area contributed by atoms with Crippen molar-refractivity contribution in [1.82, 2.24) is 5.32 Å². The maximum Gasteiger partial charge on any atom is 0.223 e. The van der Waals surface area contributed by atoms with Gasteiger partial charge in [-0.3, -0.25) is 4.79 Å². The predicted octanol–water partition coefficient (Wildman–Crippen LogP) is 1.09. The van der Waals surface area contributed by atoms with Gasteiger partial charge in [0.2, 0.25) is 5.91 Å². The fraction of sp³-hybridized carbons (Fsp3) is 0.625. The summed E-state index contributed by atoms with van der Waals surface area (Å²) >= 11 is 0. The SMILES string of the molecule is C=CC[C@H]1CCCNC1=O. The molecule has 0 unspecified atom stereocenters. The Morgan fingerprint density at radius 3 is 3.20 bits per heavy atom. The first kappa shape index (κ1) is 7.32. The number of nitrogens with one attached hydrogen (secondary N) is 1. The summed E-state index contributed by atoms with van der Waals surface area (Å²) in [6.45, 7) is 4.46. The van der Waals surface area contributed by atoms with Gasteiger partial charge in [-0.15, -0.1) is 6.58 Å². The smallest absolute Gasteiger partial charge is 0.223 e. The highest BCUT2D eigenvalue weighted by atomic mass is 16.1. The highest BCUT2D eigenvalue weighted by Gasteiger charge is 2.19. The van der Waals surface area contributed by atoms with Gasteiger partial charge < -0.3 is 5.32 Å². The lowest BCUT2D eigenvalue weighted by Gasteiger charge is -2.19. The summed E-state index contributed by atoms with van der Waals surface area (Å²) in [6.07, 6.45) is 4.78. The van der Waals surface area contributed by atoms with Crippen molar-refractivity contribution in [2.24, 2.45) is 5.92 Å². The zero-order chi connectivity index (χ0) is 7.40. The first-order valence-electron chi connectivity index (χ1n) is 3.73. The van der Waals surface area contributed by atoms with Crippen LogP contribution >= 0.6 is 0 Å². The van der Waals surface area contributed by atoms with Gasteiger partial charge in [-0.25, -0.2) is 0 Å². The molecular weight excluding hydrogens is 126 g/mol. The fourth-order valence-electron chi connectivity index (χ4n) is 1.26. The zero-order valence-corrected chi connectivity index (χ0v) is 6.10. The third-order valence-electron chi connectivity index (χ3n) is 1.85. The van der Waals surface area contributed by atoms with Gasteiger partial charge in [0.1, 0.15) is 0 Å². The first-order chi connectivity index (χ1) is 4.84. The van der Waals surface area contributed by atoms with E-state index in [1.54, 1.807) is 0 Å². The molecule has 0 spiro atoms. The molecule has 2 heteroatoms. The second kappa shape index (κ2) is 3.40. The Balaban J connectivity index is 2.39. The Kier molecular flexibility index (Phi) is 2.49. The lowest BCUT2D eigenvalue weighted by atomic mass is 9.95. The van der Waals surface area contributed by atoms with E-state index in [1.165, 1.54) is 0 Å². The molecule has 10 heavy (non-hydrogen) atoms. The van der Waals surface area contributed by atoms with Crippen LogP contribution < -0.4 is 5.32 Å². The van der Waals surface area contributed by atoms with E-state index < -0.39 is 0 Å². The molecule has 0 aliphatic carbocycles. The number of rotatable bonds is 2. The Hall–Kier alpha value is -0.790. The summed E-state index contributed by atoms with van der Waals surface area (Å²) in [6, 6.07) is 0. The van der Waals surface area contributed by atoms with Gasteiger partial charge in [-0.2, -0.15) is 0 Å². The maximum atomic E-state index is 11.0. The van der Waals surface area contributed by atoms with E-state index in [4.69, 9.17) is 0 Å². The molecule has 1 rings (SSSR count). The van der Waals surface area contributed by atoms with Gasteiger partial charge in [0.15, 0.2) is 0 Å². The lowest BCUT2D eigenvalue weighted by molar-refractivity contribution is -0.126. The van der Waals surface area contributed by atoms with Crippen LogP contribution in [0.4, 0.5) is 0 Å². The van der Waals surface area contributed by atoms with Gasteiger partial charge in [-0.1, -0.05) is 6.08 Å². The normalized spacial score (nSPS) is 25.6. The third kappa shape index (κ3) is 1.59. The van der Waals surface area contributed by atoms with Gasteiger partial charge >= 0.3 is 0 Å². The minimum atomic E-state index is 0.200. The number of allylic oxidation sites excluding steroid dienone is 1. The van der Waals surface area contributed by atoms with E-state index in [-0.39, 0.29) is 11.8 Å². The molecule has 0 saturated carbocycles. The second-order valence-corrected chi connectivity index (χ2v) is 2.65. The number of carbonyl (C=O) groups excluding carboxylic acids is 1. The molecule has 1 N–H and O–H groups in total. The summed E-state index contributed by atoms with van der Waals surface area (Å²) in [5.41, 5.74) is 0. The van der Waals surface area contributed by atoms with E-state index in [1.807, 2.05) is 6.08 Å². The lowest BCUT2D eigenvalue weighted by Crippen LogP contribution is -2.36. The quantitative estimate of drug-likeness (QED) is 0.570. The van der Waals surface area contributed by atoms with Crippen molar-refractivity contribution >= 4 is 5.91 Å². The highest BCUT2D eigenvalue weighted by Crippen LogP contribution is 2.14. The van der Waals surface area contributed by atoms with Crippen molar-refractivity contribution in [2.45, 2.75) is 19.3 Å². The van der Waals surface area contributed by atoms with Gasteiger partial charge in [0.25, 0.3) is 0 Å². The van der Waals surface area contributed by atoms with Crippen LogP contribution in [0.15, 0.2) is 12.7 Å². The van der Waals surface area contributed by atoms with Crippen molar-refractivity contribution in [1.29, 1.82) is 0 Å². The molecular formula is C8H13NO. The zero-order valence-electron chi connectivity index (χ0n) is 6.10. The van der Waals surface area contributed by atoms with E-state index in [0.29, 0.717) is 0 Å². The summed E-state index contributed by atoms with van der Waals surface area (Å²) < 4.78 is 0. The van der Waals surface area contributed by atoms with Crippen LogP contribution in [-0.2, 0) is 4.79 Å². The topological polar surface area (TPSA) is 29.1 Å². The molecule has 0 aromatic rings. The van der Waals surface area contributed by atoms with Crippen LogP contribution in [0.3, 0.4) is 0 Å². The number of hydrogen-bond donors (Lipinski definition) is 1. The Labute approximate surface area is 61.3 Å². The molecule has 2 nitrogen and oxygen atoms in total. The van der Waals surface area contributed by atoms with Crippen LogP contribution in [0.25, 0.3) is 0 Å². The third-order valence-corrected chi connectivity index (χ3v) is 1.85. The molecule has 1 aliphatic heterocycles. The van der Waals surface area contributed by atoms with Crippen molar-refractivity contribution < 1.29 is 4.79 Å². The van der Waals surface area contributed by atoms with Crippen LogP contribution in [0, 0.1) is 5.92 Å². The molecule has 0 aromatic carbocycles. The van der Waals surface area contributed by atoms with Crippen molar-refractivity contribution in [3.8, 4) is 0 Å². The van der Waals surface area contributed by atoms with Crippen LogP contribution in [0.1, 0.15) is 19.3 Å².